The van der Waals surface area contributed by atoms with Gasteiger partial charge in [0.05, 0.1) is 5.56 Å². The fourth-order valence-electron chi connectivity index (χ4n) is 2.73. The number of hydrogen-bond donors (Lipinski definition) is 2. The molecule has 0 unspecified atom stereocenters. The van der Waals surface area contributed by atoms with Gasteiger partial charge in [-0.15, -0.1) is 0 Å². The standard InChI is InChI=1S/C17H13ClN2O2/c18-12-5-6-15-10(8-12)7-11(9-22-15)16-19-14-4-2-1-3-13(14)17(21)20-16/h1-8,16,19H,9H2,(H,20,21)/t16-/m0/s1. The predicted molar refractivity (Wildman–Crippen MR) is 86.2 cm³/mol. The van der Waals surface area contributed by atoms with E-state index in [0.29, 0.717) is 17.2 Å². The highest BCUT2D eigenvalue weighted by Crippen LogP contribution is 2.31. The molecule has 0 saturated heterocycles. The summed E-state index contributed by atoms with van der Waals surface area (Å²) in [5.41, 5.74) is 3.36. The molecule has 4 rings (SSSR count). The van der Waals surface area contributed by atoms with E-state index in [4.69, 9.17) is 16.3 Å². The van der Waals surface area contributed by atoms with Gasteiger partial charge in [0.1, 0.15) is 18.5 Å². The van der Waals surface area contributed by atoms with Gasteiger partial charge in [0.15, 0.2) is 0 Å². The summed E-state index contributed by atoms with van der Waals surface area (Å²) in [4.78, 5) is 12.2. The summed E-state index contributed by atoms with van der Waals surface area (Å²) in [6.45, 7) is 0.425. The van der Waals surface area contributed by atoms with Crippen LogP contribution in [0.5, 0.6) is 5.75 Å². The van der Waals surface area contributed by atoms with Gasteiger partial charge < -0.3 is 15.4 Å². The average molecular weight is 313 g/mol. The van der Waals surface area contributed by atoms with Crippen molar-refractivity contribution in [2.45, 2.75) is 6.17 Å². The number of halogens is 1. The highest BCUT2D eigenvalue weighted by Gasteiger charge is 2.27. The topological polar surface area (TPSA) is 50.4 Å². The molecule has 4 nitrogen and oxygen atoms in total. The van der Waals surface area contributed by atoms with Crippen molar-refractivity contribution in [3.05, 3.63) is 64.2 Å². The lowest BCUT2D eigenvalue weighted by Gasteiger charge is -2.31. The number of anilines is 1. The number of rotatable bonds is 1. The van der Waals surface area contributed by atoms with Crippen LogP contribution in [-0.4, -0.2) is 18.7 Å². The van der Waals surface area contributed by atoms with Gasteiger partial charge in [-0.2, -0.15) is 0 Å². The van der Waals surface area contributed by atoms with E-state index in [-0.39, 0.29) is 12.1 Å². The Labute approximate surface area is 132 Å². The molecule has 110 valence electrons. The third-order valence-electron chi connectivity index (χ3n) is 3.82. The predicted octanol–water partition coefficient (Wildman–Crippen LogP) is 3.30. The first-order chi connectivity index (χ1) is 10.7. The maximum Gasteiger partial charge on any atom is 0.255 e. The quantitative estimate of drug-likeness (QED) is 0.849. The van der Waals surface area contributed by atoms with Crippen LogP contribution in [0, 0.1) is 0 Å². The third-order valence-corrected chi connectivity index (χ3v) is 4.06. The number of hydrogen-bond acceptors (Lipinski definition) is 3. The Kier molecular flexibility index (Phi) is 3.05. The molecule has 0 fully saturated rings. The first-order valence-corrected chi connectivity index (χ1v) is 7.38. The minimum absolute atomic E-state index is 0.0860. The number of ether oxygens (including phenoxy) is 1. The van der Waals surface area contributed by atoms with Crippen molar-refractivity contribution < 1.29 is 9.53 Å². The molecule has 0 saturated carbocycles. The van der Waals surface area contributed by atoms with Gasteiger partial charge in [0.2, 0.25) is 0 Å². The van der Waals surface area contributed by atoms with Crippen LogP contribution in [0.4, 0.5) is 5.69 Å². The van der Waals surface area contributed by atoms with E-state index in [2.05, 4.69) is 10.6 Å². The summed E-state index contributed by atoms with van der Waals surface area (Å²) in [6.07, 6.45) is 1.73. The van der Waals surface area contributed by atoms with Crippen molar-refractivity contribution in [3.8, 4) is 5.75 Å². The van der Waals surface area contributed by atoms with Crippen molar-refractivity contribution in [1.29, 1.82) is 0 Å². The summed E-state index contributed by atoms with van der Waals surface area (Å²) in [6, 6.07) is 13.0. The second kappa shape index (κ2) is 5.07. The fraction of sp³-hybridized carbons (Fsp3) is 0.118. The number of amides is 1. The molecule has 2 aliphatic rings. The fourth-order valence-corrected chi connectivity index (χ4v) is 2.91. The Balaban J connectivity index is 1.68. The van der Waals surface area contributed by atoms with Crippen LogP contribution in [0.1, 0.15) is 15.9 Å². The first-order valence-electron chi connectivity index (χ1n) is 7.00. The van der Waals surface area contributed by atoms with Crippen molar-refractivity contribution in [2.75, 3.05) is 11.9 Å². The molecule has 2 N–H and O–H groups in total. The van der Waals surface area contributed by atoms with Crippen LogP contribution in [0.3, 0.4) is 0 Å². The summed E-state index contributed by atoms with van der Waals surface area (Å²) in [5, 5.41) is 6.94. The van der Waals surface area contributed by atoms with Crippen LogP contribution in [-0.2, 0) is 0 Å². The zero-order valence-electron chi connectivity index (χ0n) is 11.6. The molecule has 2 aromatic rings. The molecule has 5 heteroatoms. The highest BCUT2D eigenvalue weighted by atomic mass is 35.5. The SMILES string of the molecule is O=C1N[C@@H](C2=Cc3cc(Cl)ccc3OC2)Nc2ccccc21. The molecule has 0 spiro atoms. The van der Waals surface area contributed by atoms with E-state index >= 15 is 0 Å². The maximum atomic E-state index is 12.2. The molecule has 22 heavy (non-hydrogen) atoms. The Morgan fingerprint density at radius 1 is 1.14 bits per heavy atom. The molecule has 0 bridgehead atoms. The smallest absolute Gasteiger partial charge is 0.255 e. The Morgan fingerprint density at radius 2 is 2.00 bits per heavy atom. The lowest BCUT2D eigenvalue weighted by molar-refractivity contribution is 0.0940. The first kappa shape index (κ1) is 13.2. The molecule has 0 aliphatic carbocycles. The number of carbonyl (C=O) groups excluding carboxylic acids is 1. The van der Waals surface area contributed by atoms with E-state index in [1.54, 1.807) is 12.1 Å². The molecule has 0 radical (unpaired) electrons. The van der Waals surface area contributed by atoms with E-state index < -0.39 is 0 Å². The number of para-hydroxylation sites is 1. The zero-order valence-corrected chi connectivity index (χ0v) is 12.4. The monoisotopic (exact) mass is 312 g/mol. The number of benzene rings is 2. The second-order valence-electron chi connectivity index (χ2n) is 5.29. The Morgan fingerprint density at radius 3 is 2.91 bits per heavy atom. The van der Waals surface area contributed by atoms with Crippen molar-refractivity contribution >= 4 is 29.3 Å². The largest absolute Gasteiger partial charge is 0.488 e. The third kappa shape index (κ3) is 2.22. The number of nitrogens with one attached hydrogen (secondary N) is 2. The average Bonchev–Trinajstić information content (AvgIpc) is 2.54. The molecule has 1 atom stereocenters. The van der Waals surface area contributed by atoms with Gasteiger partial charge in [-0.25, -0.2) is 0 Å². The molecular formula is C17H13ClN2O2. The van der Waals surface area contributed by atoms with Gasteiger partial charge in [-0.1, -0.05) is 23.7 Å². The van der Waals surface area contributed by atoms with Gasteiger partial charge in [-0.3, -0.25) is 4.79 Å². The van der Waals surface area contributed by atoms with Crippen LogP contribution in [0.15, 0.2) is 48.0 Å². The van der Waals surface area contributed by atoms with Crippen molar-refractivity contribution in [1.82, 2.24) is 5.32 Å². The zero-order chi connectivity index (χ0) is 15.1. The van der Waals surface area contributed by atoms with Crippen LogP contribution < -0.4 is 15.4 Å². The van der Waals surface area contributed by atoms with Crippen LogP contribution in [0.2, 0.25) is 5.02 Å². The summed E-state index contributed by atoms with van der Waals surface area (Å²) in [7, 11) is 0. The van der Waals surface area contributed by atoms with Crippen molar-refractivity contribution in [3.63, 3.8) is 0 Å². The summed E-state index contributed by atoms with van der Waals surface area (Å²) >= 11 is 6.03. The minimum Gasteiger partial charge on any atom is -0.488 e. The number of carbonyl (C=O) groups is 1. The normalized spacial score (nSPS) is 19.0. The van der Waals surface area contributed by atoms with Gasteiger partial charge in [-0.05, 0) is 36.4 Å². The number of fused-ring (bicyclic) bond motifs is 2. The highest BCUT2D eigenvalue weighted by molar-refractivity contribution is 6.30. The molecule has 2 aromatic carbocycles. The van der Waals surface area contributed by atoms with Gasteiger partial charge >= 0.3 is 0 Å². The van der Waals surface area contributed by atoms with Gasteiger partial charge in [0, 0.05) is 21.8 Å². The minimum atomic E-state index is -0.283. The van der Waals surface area contributed by atoms with E-state index in [9.17, 15) is 4.79 Å². The maximum absolute atomic E-state index is 12.2. The Bertz CT molecular complexity index is 801. The van der Waals surface area contributed by atoms with Crippen molar-refractivity contribution in [2.24, 2.45) is 0 Å². The lowest BCUT2D eigenvalue weighted by atomic mass is 10.0. The molecular weight excluding hydrogens is 300 g/mol. The lowest BCUT2D eigenvalue weighted by Crippen LogP contribution is -2.47. The summed E-state index contributed by atoms with van der Waals surface area (Å²) in [5.74, 6) is 0.716. The van der Waals surface area contributed by atoms with Crippen LogP contribution >= 0.6 is 11.6 Å². The second-order valence-corrected chi connectivity index (χ2v) is 5.72. The molecule has 2 aliphatic heterocycles. The Hall–Kier alpha value is -2.46. The van der Waals surface area contributed by atoms with E-state index in [1.165, 1.54) is 0 Å². The molecule has 0 aromatic heterocycles. The molecule has 1 amide bonds. The van der Waals surface area contributed by atoms with E-state index in [1.807, 2.05) is 36.4 Å². The van der Waals surface area contributed by atoms with E-state index in [0.717, 1.165) is 22.6 Å². The van der Waals surface area contributed by atoms with Crippen LogP contribution in [0.25, 0.3) is 6.08 Å². The summed E-state index contributed by atoms with van der Waals surface area (Å²) < 4.78 is 5.75. The van der Waals surface area contributed by atoms with Gasteiger partial charge in [0.25, 0.3) is 5.91 Å². The molecule has 2 heterocycles.